The predicted molar refractivity (Wildman–Crippen MR) is 499 cm³/mol. The number of carbonyl (C=O) groups is 5. The average molecular weight is 2010 g/mol. The Morgan fingerprint density at radius 1 is 0.424 bits per heavy atom. The number of nitrogens with one attached hydrogen (secondary N) is 4. The quantitative estimate of drug-likeness (QED) is 0.0206. The number of fused-ring (bicyclic) bond motifs is 6. The topological polar surface area (TPSA) is 572 Å². The number of aliphatic hydroxyl groups excluding tert-OH is 6. The van der Waals surface area contributed by atoms with Gasteiger partial charge in [0.05, 0.1) is 155 Å². The summed E-state index contributed by atoms with van der Waals surface area (Å²) in [7, 11) is -3.08. The van der Waals surface area contributed by atoms with E-state index >= 15 is 0 Å². The fourth-order valence-electron chi connectivity index (χ4n) is 18.7. The van der Waals surface area contributed by atoms with Gasteiger partial charge in [-0.25, -0.2) is 18.7 Å². The second-order valence-corrected chi connectivity index (χ2v) is 37.9. The Morgan fingerprint density at radius 2 is 0.734 bits per heavy atom. The maximum Gasteiger partial charge on any atom is 0.530 e. The molecule has 43 nitrogen and oxygen atoms in total. The van der Waals surface area contributed by atoms with Gasteiger partial charge in [-0.15, -0.1) is 0 Å². The van der Waals surface area contributed by atoms with Crippen LogP contribution in [0.3, 0.4) is 0 Å². The van der Waals surface area contributed by atoms with Crippen molar-refractivity contribution in [3.05, 3.63) is 144 Å². The first kappa shape index (κ1) is 116. The summed E-state index contributed by atoms with van der Waals surface area (Å²) in [6.45, 7) is 17.8. The maximum atomic E-state index is 13.3. The largest absolute Gasteiger partial charge is 0.530 e. The van der Waals surface area contributed by atoms with Crippen molar-refractivity contribution in [2.24, 2.45) is 17.8 Å². The minimum absolute atomic E-state index is 0. The van der Waals surface area contributed by atoms with Crippen LogP contribution in [0.1, 0.15) is 166 Å². The molecule has 0 unspecified atom stereocenters. The van der Waals surface area contributed by atoms with Gasteiger partial charge in [-0.3, -0.25) is 47.4 Å². The van der Waals surface area contributed by atoms with Crippen LogP contribution in [0.15, 0.2) is 116 Å². The summed E-state index contributed by atoms with van der Waals surface area (Å²) < 4.78 is 122. The Hall–Kier alpha value is -8.22. The first-order valence-corrected chi connectivity index (χ1v) is 48.6. The van der Waals surface area contributed by atoms with Crippen LogP contribution in [0, 0.1) is 17.8 Å². The van der Waals surface area contributed by atoms with Gasteiger partial charge in [-0.05, 0) is 142 Å². The third kappa shape index (κ3) is 26.9. The number of aromatic nitrogens is 3. The van der Waals surface area contributed by atoms with Crippen LogP contribution in [0.25, 0.3) is 0 Å². The number of amides is 5. The second kappa shape index (κ2) is 50.8. The molecule has 780 valence electrons. The van der Waals surface area contributed by atoms with E-state index in [0.29, 0.717) is 36.3 Å². The molecule has 0 bridgehead atoms. The van der Waals surface area contributed by atoms with Gasteiger partial charge in [-0.2, -0.15) is 0 Å². The van der Waals surface area contributed by atoms with Crippen LogP contribution < -0.4 is 30.3 Å². The van der Waals surface area contributed by atoms with Gasteiger partial charge in [-0.1, -0.05) is 111 Å². The van der Waals surface area contributed by atoms with Crippen molar-refractivity contribution in [3.63, 3.8) is 0 Å². The Labute approximate surface area is 811 Å². The number of benzene rings is 2. The second-order valence-electron chi connectivity index (χ2n) is 34.7. The fraction of sp³-hybridized carbons (Fsp3) is 0.660. The van der Waals surface area contributed by atoms with Crippen LogP contribution >= 0.6 is 15.6 Å². The SMILES string of the molecule is C.C.C.C.CCOP(=O)(OCC)Oc1ccc(CC(=O)N[C@@H]2C[C@@H](C)O[C@H]3O[C@@H]4[C@@H](O)[C@H](CC)[C@H](O)[C@H](N(C)C(=O)OCc5ccccc5)[C@H]4O[C@]32O)nc1.CCOP(=O)(OCC)Oc1ccc(CC(=O)N[C@@H]2C[C@@H](C)O[C@H]3O[C@@H]4[C@@H](O)[C@H](CC)[C@H](O)[C@H](NC)[C@H]4O[C@]32O)nc1.CC[C@H]1[C@H](O)[C@H]2O[C@@H]3O[C@H](C)C[C@@H](NC(=O)Cc4ccc(O)cn4)[C@]3(O)O[C@@H]2[C@@H](N(C)C(=O)OCc2ccccc2)[C@H]1O. The first-order valence-electron chi connectivity index (χ1n) is 45.7. The van der Waals surface area contributed by atoms with Crippen molar-refractivity contribution < 1.29 is 163 Å². The lowest BCUT2D eigenvalue weighted by Crippen LogP contribution is -2.77. The normalized spacial score (nSPS) is 33.6. The molecule has 3 saturated carbocycles. The molecule has 0 radical (unpaired) electrons. The summed E-state index contributed by atoms with van der Waals surface area (Å²) >= 11 is 0. The summed E-state index contributed by atoms with van der Waals surface area (Å²) in [5.41, 5.74) is 2.67. The van der Waals surface area contributed by atoms with Gasteiger partial charge in [0.15, 0.2) is 0 Å². The van der Waals surface area contributed by atoms with Gasteiger partial charge >= 0.3 is 27.8 Å². The maximum absolute atomic E-state index is 13.3. The predicted octanol–water partition coefficient (Wildman–Crippen LogP) is 6.67. The Balaban J connectivity index is 0.000000254. The van der Waals surface area contributed by atoms with Crippen LogP contribution in [0.5, 0.6) is 17.2 Å². The number of pyridine rings is 3. The van der Waals surface area contributed by atoms with Crippen molar-refractivity contribution in [3.8, 4) is 17.2 Å². The lowest BCUT2D eigenvalue weighted by atomic mass is 9.74. The molecule has 30 atom stereocenters. The summed E-state index contributed by atoms with van der Waals surface area (Å²) in [5.74, 6) is -9.64. The molecule has 14 N–H and O–H groups in total. The molecule has 5 amide bonds. The van der Waals surface area contributed by atoms with Crippen molar-refractivity contribution in [2.75, 3.05) is 47.6 Å². The van der Waals surface area contributed by atoms with Crippen LogP contribution in [-0.2, 0) is 126 Å². The van der Waals surface area contributed by atoms with E-state index in [2.05, 4.69) is 36.2 Å². The summed E-state index contributed by atoms with van der Waals surface area (Å²) in [4.78, 5) is 80.8. The van der Waals surface area contributed by atoms with Gasteiger partial charge in [0.25, 0.3) is 0 Å². The minimum Gasteiger partial charge on any atom is -0.506 e. The highest BCUT2D eigenvalue weighted by atomic mass is 31.2. The highest BCUT2D eigenvalue weighted by Crippen LogP contribution is 2.53. The number of phosphoric acid groups is 2. The average Bonchev–Trinajstić information content (AvgIpc) is 0.738. The number of hydrogen-bond donors (Lipinski definition) is 14. The zero-order valence-electron chi connectivity index (χ0n) is 77.6. The molecule has 6 saturated heterocycles. The molecule has 14 rings (SSSR count). The molecule has 0 spiro atoms. The zero-order chi connectivity index (χ0) is 97.8. The molecule has 3 aliphatic carbocycles. The third-order valence-electron chi connectivity index (χ3n) is 25.5. The molecular formula is C94H145N9O34P2. The molecule has 9 aliphatic rings. The first-order chi connectivity index (χ1) is 64.3. The highest BCUT2D eigenvalue weighted by molar-refractivity contribution is 7.49. The van der Waals surface area contributed by atoms with E-state index in [1.165, 1.54) is 72.8 Å². The monoisotopic (exact) mass is 2010 g/mol. The summed E-state index contributed by atoms with van der Waals surface area (Å²) in [5, 5.41) is 124. The Bertz CT molecular complexity index is 4780. The number of ether oxygens (including phenoxy) is 11. The molecule has 9 fully saturated rings. The summed E-state index contributed by atoms with van der Waals surface area (Å²) in [6.07, 6.45) is -15.2. The van der Waals surface area contributed by atoms with Gasteiger partial charge in [0, 0.05) is 48.9 Å². The van der Waals surface area contributed by atoms with Crippen molar-refractivity contribution in [1.29, 1.82) is 0 Å². The van der Waals surface area contributed by atoms with E-state index in [1.54, 1.807) is 87.6 Å². The number of rotatable bonds is 31. The van der Waals surface area contributed by atoms with E-state index < -0.39 is 227 Å². The van der Waals surface area contributed by atoms with Crippen LogP contribution in [0.2, 0.25) is 0 Å². The van der Waals surface area contributed by atoms with Gasteiger partial charge < -0.3 is 143 Å². The number of carbonyl (C=O) groups excluding carboxylic acids is 5. The van der Waals surface area contributed by atoms with Crippen molar-refractivity contribution in [2.45, 2.75) is 334 Å². The van der Waals surface area contributed by atoms with E-state index in [1.807, 2.05) is 55.5 Å². The molecular weight excluding hydrogens is 1860 g/mol. The highest BCUT2D eigenvalue weighted by Gasteiger charge is 2.69. The number of aromatic hydroxyl groups is 1. The zero-order valence-corrected chi connectivity index (χ0v) is 79.4. The number of hydrogen-bond acceptors (Lipinski definition) is 38. The Kier molecular flexibility index (Phi) is 42.4. The van der Waals surface area contributed by atoms with Crippen molar-refractivity contribution >= 4 is 45.6 Å². The lowest BCUT2D eigenvalue weighted by molar-refractivity contribution is -0.452. The van der Waals surface area contributed by atoms with E-state index in [0.717, 1.165) is 11.1 Å². The third-order valence-corrected chi connectivity index (χ3v) is 28.6. The van der Waals surface area contributed by atoms with Crippen LogP contribution in [0.4, 0.5) is 9.59 Å². The van der Waals surface area contributed by atoms with Crippen LogP contribution in [-0.4, -0.2) is 317 Å². The van der Waals surface area contributed by atoms with E-state index in [-0.39, 0.29) is 125 Å². The van der Waals surface area contributed by atoms with Gasteiger partial charge in [0.2, 0.25) is 54.0 Å². The molecule has 6 aliphatic heterocycles. The number of nitrogens with zero attached hydrogens (tertiary/aromatic N) is 5. The molecule has 3 aromatic heterocycles. The fourth-order valence-corrected chi connectivity index (χ4v) is 21.1. The standard InChI is InChI=1S/C34H48N3O13P.C30H39N3O10.C26H42N3O11P.4CH4/c1-6-24-28(39)27(37(5)33(41)44-19-21-12-10-9-11-13-21)30-31(29(24)40)48-32-34(42,49-30)25(16-20(4)47-32)36-26(38)17-22-14-15-23(18-35-22)50-51(43,45-7-2)46-8-3;1-4-20-24(36)23(33(3)29(38)40-15-17-8-6-5-7-9-17)26-27(25(20)37)42-28-30(39,43-26)21(12-16(2)41-28)32-22(35)13-18-10-11-19(34)14-31-18;1-6-17-21(31)20(27-5)23-24(22(17)32)38-25-26(33,39-23)18(11-14(4)37-25)29-19(30)12-15-9-10-16(13-28-15)40-41(34,35-7-2)36-8-3;;;;/h9-15,18,20,24-25,27-32,39-40,42H,6-8,16-17,19H2,1-5H3,(H,36,38);5-11,14,16,20-21,23-28,34,36-37,39H,4,12-13,15H2,1-3H3,(H,32,35);9-10,13-14,17-18,20-25,27,31-33H,6-8,11-12H2,1-5H3,(H,29,30);4*1H4/t20-,24-,25-,27+,28+,29+,30-,31-,32+,34+;16-,20-,21-,23+,24+,25+,26-,27-,28+,30+;14-,17-,18-,20+,21+,22+,23-,24-,25+,26+;;;;/m111..../s1. The molecule has 9 heterocycles. The molecule has 2 aromatic carbocycles. The lowest BCUT2D eigenvalue weighted by Gasteiger charge is -2.58. The van der Waals surface area contributed by atoms with E-state index in [9.17, 15) is 84.2 Å². The number of likely N-dealkylation sites (N-methyl/N-ethyl adjacent to an activating group) is 3. The number of phosphoric ester groups is 2. The minimum atomic E-state index is -3.84. The molecule has 139 heavy (non-hydrogen) atoms. The Morgan fingerprint density at radius 3 is 1.03 bits per heavy atom. The van der Waals surface area contributed by atoms with E-state index in [4.69, 9.17) is 79.2 Å². The number of aliphatic hydroxyl groups is 9. The molecule has 5 aromatic rings. The smallest absolute Gasteiger partial charge is 0.506 e. The summed E-state index contributed by atoms with van der Waals surface area (Å²) in [6, 6.07) is 21.3. The van der Waals surface area contributed by atoms with Crippen molar-refractivity contribution in [1.82, 2.24) is 46.0 Å². The van der Waals surface area contributed by atoms with Gasteiger partial charge in [0.1, 0.15) is 67.1 Å². The molecule has 45 heteroatoms.